The summed E-state index contributed by atoms with van der Waals surface area (Å²) in [6.07, 6.45) is 0. The third-order valence-corrected chi connectivity index (χ3v) is 5.41. The van der Waals surface area contributed by atoms with Gasteiger partial charge in [-0.1, -0.05) is 45.9 Å². The molecule has 1 aromatic heterocycles. The third-order valence-electron chi connectivity index (χ3n) is 3.89. The molecule has 3 rings (SSSR count). The van der Waals surface area contributed by atoms with E-state index in [1.807, 2.05) is 30.3 Å². The van der Waals surface area contributed by atoms with Crippen LogP contribution in [0.4, 0.5) is 0 Å². The lowest BCUT2D eigenvalue weighted by molar-refractivity contribution is 0.183. The van der Waals surface area contributed by atoms with Crippen LogP contribution in [0.15, 0.2) is 56.9 Å². The third kappa shape index (κ3) is 3.98. The average Bonchev–Trinajstić information content (AvgIpc) is 2.66. The Bertz CT molecular complexity index is 1040. The Hall–Kier alpha value is -2.14. The van der Waals surface area contributed by atoms with Gasteiger partial charge >= 0.3 is 0 Å². The molecule has 0 aliphatic heterocycles. The Balaban J connectivity index is 2.02. The number of ether oxygens (including phenoxy) is 1. The Morgan fingerprint density at radius 2 is 2.12 bits per heavy atom. The van der Waals surface area contributed by atoms with Gasteiger partial charge in [-0.15, -0.1) is 0 Å². The normalized spacial score (nSPS) is 10.8. The molecular weight excluding hydrogens is 414 g/mol. The lowest BCUT2D eigenvalue weighted by atomic mass is 10.1. The number of aromatic nitrogens is 2. The Kier molecular flexibility index (Phi) is 6.09. The van der Waals surface area contributed by atoms with Crippen molar-refractivity contribution in [2.45, 2.75) is 17.5 Å². The van der Waals surface area contributed by atoms with Crippen molar-refractivity contribution in [3.63, 3.8) is 0 Å². The number of hydrogen-bond acceptors (Lipinski definition) is 5. The predicted molar refractivity (Wildman–Crippen MR) is 106 cm³/mol. The summed E-state index contributed by atoms with van der Waals surface area (Å²) in [5.74, 6) is 0.561. The van der Waals surface area contributed by atoms with E-state index in [4.69, 9.17) is 4.74 Å². The fourth-order valence-electron chi connectivity index (χ4n) is 2.56. The molecule has 0 unspecified atom stereocenters. The lowest BCUT2D eigenvalue weighted by Gasteiger charge is -2.13. The molecule has 132 valence electrons. The summed E-state index contributed by atoms with van der Waals surface area (Å²) in [7, 11) is 1.60. The largest absolute Gasteiger partial charge is 0.383 e. The lowest BCUT2D eigenvalue weighted by Crippen LogP contribution is -2.25. The molecule has 26 heavy (non-hydrogen) atoms. The fourth-order valence-corrected chi connectivity index (χ4v) is 3.95. The molecule has 0 amide bonds. The van der Waals surface area contributed by atoms with Gasteiger partial charge < -0.3 is 4.74 Å². The first kappa shape index (κ1) is 18.6. The van der Waals surface area contributed by atoms with Gasteiger partial charge in [-0.3, -0.25) is 9.36 Å². The second-order valence-electron chi connectivity index (χ2n) is 5.56. The second kappa shape index (κ2) is 8.49. The van der Waals surface area contributed by atoms with E-state index < -0.39 is 0 Å². The van der Waals surface area contributed by atoms with Crippen LogP contribution in [-0.2, 0) is 17.0 Å². The average molecular weight is 430 g/mol. The van der Waals surface area contributed by atoms with Crippen LogP contribution in [0.25, 0.3) is 10.9 Å². The first-order valence-electron chi connectivity index (χ1n) is 7.94. The summed E-state index contributed by atoms with van der Waals surface area (Å²) in [5, 5.41) is 10.4. The van der Waals surface area contributed by atoms with Crippen molar-refractivity contribution >= 4 is 38.6 Å². The maximum absolute atomic E-state index is 12.9. The van der Waals surface area contributed by atoms with Crippen LogP contribution < -0.4 is 5.56 Å². The monoisotopic (exact) mass is 429 g/mol. The van der Waals surface area contributed by atoms with E-state index in [0.717, 1.165) is 10.0 Å². The van der Waals surface area contributed by atoms with Gasteiger partial charge in [-0.05, 0) is 29.8 Å². The molecule has 0 radical (unpaired) electrons. The zero-order valence-electron chi connectivity index (χ0n) is 14.1. The van der Waals surface area contributed by atoms with Crippen molar-refractivity contribution in [3.05, 3.63) is 68.4 Å². The van der Waals surface area contributed by atoms with Gasteiger partial charge in [-0.2, -0.15) is 5.26 Å². The molecule has 0 aliphatic carbocycles. The summed E-state index contributed by atoms with van der Waals surface area (Å²) < 4.78 is 7.62. The van der Waals surface area contributed by atoms with Crippen LogP contribution in [0.1, 0.15) is 11.1 Å². The summed E-state index contributed by atoms with van der Waals surface area (Å²) in [5.41, 5.74) is 2.12. The number of nitrogens with zero attached hydrogens (tertiary/aromatic N) is 3. The van der Waals surface area contributed by atoms with E-state index in [1.165, 1.54) is 11.8 Å². The summed E-state index contributed by atoms with van der Waals surface area (Å²) in [6, 6.07) is 15.1. The molecule has 0 aliphatic rings. The van der Waals surface area contributed by atoms with Crippen molar-refractivity contribution in [1.29, 1.82) is 5.26 Å². The molecule has 7 heteroatoms. The maximum atomic E-state index is 12.9. The van der Waals surface area contributed by atoms with Gasteiger partial charge in [0.2, 0.25) is 0 Å². The van der Waals surface area contributed by atoms with Crippen molar-refractivity contribution < 1.29 is 4.74 Å². The van der Waals surface area contributed by atoms with E-state index >= 15 is 0 Å². The van der Waals surface area contributed by atoms with Crippen LogP contribution >= 0.6 is 27.7 Å². The molecule has 2 aromatic carbocycles. The zero-order valence-corrected chi connectivity index (χ0v) is 16.5. The van der Waals surface area contributed by atoms with Gasteiger partial charge in [0, 0.05) is 17.3 Å². The van der Waals surface area contributed by atoms with Crippen molar-refractivity contribution in [3.8, 4) is 6.07 Å². The van der Waals surface area contributed by atoms with Gasteiger partial charge in [0.25, 0.3) is 5.56 Å². The Morgan fingerprint density at radius 3 is 2.88 bits per heavy atom. The highest BCUT2D eigenvalue weighted by atomic mass is 79.9. The highest BCUT2D eigenvalue weighted by Gasteiger charge is 2.13. The maximum Gasteiger partial charge on any atom is 0.262 e. The zero-order chi connectivity index (χ0) is 18.5. The van der Waals surface area contributed by atoms with Crippen LogP contribution in [0.2, 0.25) is 0 Å². The van der Waals surface area contributed by atoms with E-state index in [0.29, 0.717) is 40.5 Å². The fraction of sp³-hybridized carbons (Fsp3) is 0.211. The van der Waals surface area contributed by atoms with Gasteiger partial charge in [-0.25, -0.2) is 4.98 Å². The van der Waals surface area contributed by atoms with Crippen LogP contribution in [-0.4, -0.2) is 23.3 Å². The van der Waals surface area contributed by atoms with E-state index in [9.17, 15) is 10.1 Å². The molecule has 0 saturated carbocycles. The quantitative estimate of drug-likeness (QED) is 0.437. The van der Waals surface area contributed by atoms with Crippen molar-refractivity contribution in [1.82, 2.24) is 9.55 Å². The Morgan fingerprint density at radius 1 is 1.31 bits per heavy atom. The molecule has 5 nitrogen and oxygen atoms in total. The first-order chi connectivity index (χ1) is 12.6. The second-order valence-corrected chi connectivity index (χ2v) is 7.42. The number of halogens is 1. The SMILES string of the molecule is COCCn1c(SCc2ccccc2C#N)nc2ccc(Br)cc2c1=O. The molecule has 1 heterocycles. The molecule has 0 N–H and O–H groups in total. The van der Waals surface area contributed by atoms with Gasteiger partial charge in [0.1, 0.15) is 0 Å². The minimum absolute atomic E-state index is 0.0931. The van der Waals surface area contributed by atoms with Crippen LogP contribution in [0.3, 0.4) is 0 Å². The predicted octanol–water partition coefficient (Wildman–Crippen LogP) is 3.97. The number of rotatable bonds is 6. The minimum Gasteiger partial charge on any atom is -0.383 e. The van der Waals surface area contributed by atoms with Crippen molar-refractivity contribution in [2.75, 3.05) is 13.7 Å². The number of methoxy groups -OCH3 is 1. The number of thioether (sulfide) groups is 1. The van der Waals surface area contributed by atoms with E-state index in [1.54, 1.807) is 23.8 Å². The van der Waals surface area contributed by atoms with Crippen LogP contribution in [0, 0.1) is 11.3 Å². The van der Waals surface area contributed by atoms with Gasteiger partial charge in [0.05, 0.1) is 35.7 Å². The van der Waals surface area contributed by atoms with E-state index in [-0.39, 0.29) is 5.56 Å². The van der Waals surface area contributed by atoms with Crippen LogP contribution in [0.5, 0.6) is 0 Å². The molecule has 0 atom stereocenters. The molecule has 0 saturated heterocycles. The Labute approximate surface area is 163 Å². The standard InChI is InChI=1S/C19H16BrN3O2S/c1-25-9-8-23-18(24)16-10-15(20)6-7-17(16)22-19(23)26-12-14-5-3-2-4-13(14)11-21/h2-7,10H,8-9,12H2,1H3. The summed E-state index contributed by atoms with van der Waals surface area (Å²) in [6.45, 7) is 0.844. The number of hydrogen-bond donors (Lipinski definition) is 0. The van der Waals surface area contributed by atoms with Gasteiger partial charge in [0.15, 0.2) is 5.16 Å². The highest BCUT2D eigenvalue weighted by Crippen LogP contribution is 2.24. The first-order valence-corrected chi connectivity index (χ1v) is 9.71. The van der Waals surface area contributed by atoms with Crippen molar-refractivity contribution in [2.24, 2.45) is 0 Å². The number of benzene rings is 2. The molecule has 0 fully saturated rings. The number of nitriles is 1. The molecule has 0 spiro atoms. The minimum atomic E-state index is -0.0931. The topological polar surface area (TPSA) is 67.9 Å². The molecule has 3 aromatic rings. The molecular formula is C19H16BrN3O2S. The van der Waals surface area contributed by atoms with E-state index in [2.05, 4.69) is 27.0 Å². The smallest absolute Gasteiger partial charge is 0.262 e. The summed E-state index contributed by atoms with van der Waals surface area (Å²) in [4.78, 5) is 17.6. The molecule has 0 bridgehead atoms. The number of fused-ring (bicyclic) bond motifs is 1. The highest BCUT2D eigenvalue weighted by molar-refractivity contribution is 9.10. The summed E-state index contributed by atoms with van der Waals surface area (Å²) >= 11 is 4.85.